The quantitative estimate of drug-likeness (QED) is 0.588. The topological polar surface area (TPSA) is 95.9 Å². The third-order valence-electron chi connectivity index (χ3n) is 7.47. The number of carboxylic acid groups (broad SMARTS) is 1. The Kier molecular flexibility index (Phi) is 6.88. The third-order valence-corrected chi connectivity index (χ3v) is 7.47. The molecule has 0 atom stereocenters. The van der Waals surface area contributed by atoms with Crippen LogP contribution in [0.4, 0.5) is 4.79 Å². The van der Waals surface area contributed by atoms with E-state index in [9.17, 15) is 19.5 Å². The summed E-state index contributed by atoms with van der Waals surface area (Å²) >= 11 is 0. The Morgan fingerprint density at radius 1 is 1.00 bits per heavy atom. The van der Waals surface area contributed by atoms with Gasteiger partial charge in [0.25, 0.3) is 0 Å². The molecule has 0 spiro atoms. The molecule has 7 heteroatoms. The standard InChI is InChI=1S/C28H34N2O5/c1-27(2,17-24(31)30(3)28(25(32)33)15-9-4-10-16-28)29-26(34)35-18-23-21-13-7-5-11-19(21)20-12-6-8-14-22(20)23/h5-8,11-14,23H,4,9-10,15-18H2,1-3H3,(H,29,34)(H,32,33). The Bertz CT molecular complexity index is 1070. The molecule has 2 aromatic rings. The second-order valence-corrected chi connectivity index (χ2v) is 10.4. The number of fused-ring (bicyclic) bond motifs is 3. The van der Waals surface area contributed by atoms with Crippen LogP contribution in [-0.2, 0) is 14.3 Å². The Labute approximate surface area is 206 Å². The lowest BCUT2D eigenvalue weighted by atomic mass is 9.80. The number of rotatable bonds is 7. The molecule has 2 amide bonds. The zero-order chi connectivity index (χ0) is 25.2. The molecule has 0 radical (unpaired) electrons. The van der Waals surface area contributed by atoms with Crippen molar-refractivity contribution in [2.45, 2.75) is 69.4 Å². The summed E-state index contributed by atoms with van der Waals surface area (Å²) in [6.45, 7) is 3.68. The first-order valence-electron chi connectivity index (χ1n) is 12.3. The van der Waals surface area contributed by atoms with Crippen LogP contribution < -0.4 is 5.32 Å². The predicted octanol–water partition coefficient (Wildman–Crippen LogP) is 4.94. The van der Waals surface area contributed by atoms with E-state index in [4.69, 9.17) is 4.74 Å². The monoisotopic (exact) mass is 478 g/mol. The fraction of sp³-hybridized carbons (Fsp3) is 0.464. The Morgan fingerprint density at radius 2 is 1.54 bits per heavy atom. The molecular weight excluding hydrogens is 444 g/mol. The third kappa shape index (κ3) is 4.90. The Balaban J connectivity index is 1.37. The lowest BCUT2D eigenvalue weighted by Crippen LogP contribution is -2.58. The maximum absolute atomic E-state index is 13.1. The number of carbonyl (C=O) groups excluding carboxylic acids is 2. The molecule has 7 nitrogen and oxygen atoms in total. The van der Waals surface area contributed by atoms with E-state index in [-0.39, 0.29) is 24.9 Å². The number of hydrogen-bond acceptors (Lipinski definition) is 4. The van der Waals surface area contributed by atoms with Gasteiger partial charge < -0.3 is 20.1 Å². The number of nitrogens with one attached hydrogen (secondary N) is 1. The molecule has 4 rings (SSSR count). The van der Waals surface area contributed by atoms with Crippen molar-refractivity contribution >= 4 is 18.0 Å². The highest BCUT2D eigenvalue weighted by atomic mass is 16.5. The van der Waals surface area contributed by atoms with Crippen molar-refractivity contribution in [3.63, 3.8) is 0 Å². The number of amides is 2. The molecule has 1 fully saturated rings. The number of ether oxygens (including phenoxy) is 1. The minimum absolute atomic E-state index is 0.0251. The SMILES string of the molecule is CN(C(=O)CC(C)(C)NC(=O)OCC1c2ccccc2-c2ccccc21)C1(C(=O)O)CCCCC1. The summed E-state index contributed by atoms with van der Waals surface area (Å²) in [4.78, 5) is 39.2. The molecule has 2 aromatic carbocycles. The highest BCUT2D eigenvalue weighted by molar-refractivity contribution is 5.88. The molecule has 2 aliphatic carbocycles. The van der Waals surface area contributed by atoms with E-state index in [1.54, 1.807) is 20.9 Å². The zero-order valence-electron chi connectivity index (χ0n) is 20.7. The van der Waals surface area contributed by atoms with Crippen molar-refractivity contribution in [2.24, 2.45) is 0 Å². The highest BCUT2D eigenvalue weighted by Crippen LogP contribution is 2.44. The summed E-state index contributed by atoms with van der Waals surface area (Å²) in [5.41, 5.74) is 2.49. The van der Waals surface area contributed by atoms with E-state index in [1.165, 1.54) is 4.90 Å². The van der Waals surface area contributed by atoms with Crippen LogP contribution in [0.1, 0.15) is 69.4 Å². The van der Waals surface area contributed by atoms with Gasteiger partial charge in [-0.2, -0.15) is 0 Å². The van der Waals surface area contributed by atoms with Gasteiger partial charge in [-0.3, -0.25) is 4.79 Å². The molecule has 0 aromatic heterocycles. The van der Waals surface area contributed by atoms with Gasteiger partial charge in [-0.1, -0.05) is 67.8 Å². The van der Waals surface area contributed by atoms with Gasteiger partial charge >= 0.3 is 12.1 Å². The van der Waals surface area contributed by atoms with Crippen LogP contribution in [-0.4, -0.2) is 52.7 Å². The molecule has 0 aliphatic heterocycles. The van der Waals surface area contributed by atoms with Gasteiger partial charge in [0.1, 0.15) is 12.1 Å². The highest BCUT2D eigenvalue weighted by Gasteiger charge is 2.46. The lowest BCUT2D eigenvalue weighted by molar-refractivity contribution is -0.160. The Morgan fingerprint density at radius 3 is 2.09 bits per heavy atom. The van der Waals surface area contributed by atoms with Crippen molar-refractivity contribution in [1.29, 1.82) is 0 Å². The summed E-state index contributed by atoms with van der Waals surface area (Å²) in [5.74, 6) is -1.32. The van der Waals surface area contributed by atoms with E-state index >= 15 is 0 Å². The average Bonchev–Trinajstić information content (AvgIpc) is 3.15. The van der Waals surface area contributed by atoms with Gasteiger partial charge in [-0.25, -0.2) is 9.59 Å². The molecule has 0 unspecified atom stereocenters. The van der Waals surface area contributed by atoms with Crippen molar-refractivity contribution in [3.05, 3.63) is 59.7 Å². The number of hydrogen-bond donors (Lipinski definition) is 2. The predicted molar refractivity (Wildman–Crippen MR) is 133 cm³/mol. The number of nitrogens with zero attached hydrogens (tertiary/aromatic N) is 1. The summed E-state index contributed by atoms with van der Waals surface area (Å²) in [6, 6.07) is 16.3. The smallest absolute Gasteiger partial charge is 0.407 e. The Hall–Kier alpha value is -3.35. The number of aliphatic carboxylic acids is 1. The minimum Gasteiger partial charge on any atom is -0.479 e. The van der Waals surface area contributed by atoms with Gasteiger partial charge in [-0.05, 0) is 48.9 Å². The van der Waals surface area contributed by atoms with E-state index in [1.807, 2.05) is 24.3 Å². The number of benzene rings is 2. The molecule has 1 saturated carbocycles. The molecule has 0 bridgehead atoms. The van der Waals surface area contributed by atoms with Gasteiger partial charge in [0, 0.05) is 24.9 Å². The fourth-order valence-corrected chi connectivity index (χ4v) is 5.52. The van der Waals surface area contributed by atoms with Gasteiger partial charge in [0.2, 0.25) is 5.91 Å². The zero-order valence-corrected chi connectivity index (χ0v) is 20.7. The van der Waals surface area contributed by atoms with Crippen LogP contribution in [0.5, 0.6) is 0 Å². The van der Waals surface area contributed by atoms with Crippen LogP contribution in [0.3, 0.4) is 0 Å². The van der Waals surface area contributed by atoms with Gasteiger partial charge in [0.15, 0.2) is 0 Å². The van der Waals surface area contributed by atoms with Crippen LogP contribution in [0.2, 0.25) is 0 Å². The first kappa shape index (κ1) is 24.8. The van der Waals surface area contributed by atoms with Crippen LogP contribution >= 0.6 is 0 Å². The maximum atomic E-state index is 13.1. The van der Waals surface area contributed by atoms with E-state index in [0.29, 0.717) is 12.8 Å². The number of carboxylic acids is 1. The van der Waals surface area contributed by atoms with E-state index in [2.05, 4.69) is 29.6 Å². The maximum Gasteiger partial charge on any atom is 0.407 e. The van der Waals surface area contributed by atoms with Gasteiger partial charge in [0.05, 0.1) is 0 Å². The first-order valence-corrected chi connectivity index (χ1v) is 12.3. The van der Waals surface area contributed by atoms with Crippen LogP contribution in [0, 0.1) is 0 Å². The largest absolute Gasteiger partial charge is 0.479 e. The second kappa shape index (κ2) is 9.72. The van der Waals surface area contributed by atoms with Crippen molar-refractivity contribution in [1.82, 2.24) is 10.2 Å². The number of carbonyl (C=O) groups is 3. The van der Waals surface area contributed by atoms with Crippen molar-refractivity contribution < 1.29 is 24.2 Å². The summed E-state index contributed by atoms with van der Waals surface area (Å²) in [7, 11) is 1.56. The van der Waals surface area contributed by atoms with Crippen molar-refractivity contribution in [2.75, 3.05) is 13.7 Å². The van der Waals surface area contributed by atoms with Crippen LogP contribution in [0.15, 0.2) is 48.5 Å². The van der Waals surface area contributed by atoms with Crippen molar-refractivity contribution in [3.8, 4) is 11.1 Å². The van der Waals surface area contributed by atoms with E-state index in [0.717, 1.165) is 41.5 Å². The summed E-state index contributed by atoms with van der Waals surface area (Å²) in [5, 5.41) is 12.7. The number of likely N-dealkylation sites (N-methyl/N-ethyl adjacent to an activating group) is 1. The molecule has 35 heavy (non-hydrogen) atoms. The van der Waals surface area contributed by atoms with E-state index < -0.39 is 23.1 Å². The molecule has 186 valence electrons. The second-order valence-electron chi connectivity index (χ2n) is 10.4. The minimum atomic E-state index is -1.17. The summed E-state index contributed by atoms with van der Waals surface area (Å²) in [6.07, 6.45) is 2.82. The summed E-state index contributed by atoms with van der Waals surface area (Å²) < 4.78 is 5.62. The molecule has 2 N–H and O–H groups in total. The van der Waals surface area contributed by atoms with Gasteiger partial charge in [-0.15, -0.1) is 0 Å². The molecule has 0 heterocycles. The van der Waals surface area contributed by atoms with Crippen LogP contribution in [0.25, 0.3) is 11.1 Å². The normalized spacial score (nSPS) is 16.7. The fourth-order valence-electron chi connectivity index (χ4n) is 5.52. The molecule has 2 aliphatic rings. The number of alkyl carbamates (subject to hydrolysis) is 1. The average molecular weight is 479 g/mol. The molecular formula is C28H34N2O5. The molecule has 0 saturated heterocycles. The lowest BCUT2D eigenvalue weighted by Gasteiger charge is -2.42. The first-order chi connectivity index (χ1) is 16.6.